The quantitative estimate of drug-likeness (QED) is 0.190. The third-order valence-corrected chi connectivity index (χ3v) is 9.44. The predicted molar refractivity (Wildman–Crippen MR) is 162 cm³/mol. The summed E-state index contributed by atoms with van der Waals surface area (Å²) in [5.74, 6) is -0.914. The van der Waals surface area contributed by atoms with Crippen molar-refractivity contribution >= 4 is 17.5 Å². The van der Waals surface area contributed by atoms with E-state index in [9.17, 15) is 49.4 Å². The molecule has 1 aliphatic carbocycles. The number of aliphatic hydroxyl groups is 1. The number of rotatable bonds is 8. The highest BCUT2D eigenvalue weighted by Gasteiger charge is 2.44. The first-order valence-electron chi connectivity index (χ1n) is 16.0. The van der Waals surface area contributed by atoms with Crippen molar-refractivity contribution in [3.05, 3.63) is 64.2 Å². The van der Waals surface area contributed by atoms with Crippen LogP contribution < -0.4 is 15.5 Å². The van der Waals surface area contributed by atoms with E-state index < -0.39 is 71.6 Å². The third kappa shape index (κ3) is 8.16. The molecule has 50 heavy (non-hydrogen) atoms. The molecule has 1 amide bonds. The summed E-state index contributed by atoms with van der Waals surface area (Å²) in [6, 6.07) is 2.19. The van der Waals surface area contributed by atoms with Crippen molar-refractivity contribution < 1.29 is 49.4 Å². The molecule has 1 aromatic heterocycles. The number of tetrazole rings is 1. The summed E-state index contributed by atoms with van der Waals surface area (Å²) in [6.45, 7) is 1.10. The smallest absolute Gasteiger partial charge is 0.379 e. The van der Waals surface area contributed by atoms with Crippen LogP contribution in [-0.2, 0) is 36.9 Å². The van der Waals surface area contributed by atoms with E-state index in [1.54, 1.807) is 6.92 Å². The SMILES string of the molecule is CC[C@@H]1C[C@H](N(Cc2cc(C(F)(F)F)cc(C(F)(F)F)c2)c2nnn(C)n2)c2cc(C(F)(F)F)ccc2N1C(=O)C1CCC(C[C@@H](N)O)CC1. The maximum atomic E-state index is 14.2. The molecule has 2 aromatic carbocycles. The van der Waals surface area contributed by atoms with E-state index in [1.165, 1.54) is 22.9 Å². The van der Waals surface area contributed by atoms with E-state index >= 15 is 0 Å². The molecular formula is C32H36F9N7O2. The molecule has 1 fully saturated rings. The number of carbonyl (C=O) groups is 1. The van der Waals surface area contributed by atoms with Crippen LogP contribution in [0.1, 0.15) is 85.7 Å². The Kier molecular flexibility index (Phi) is 10.5. The van der Waals surface area contributed by atoms with Gasteiger partial charge < -0.3 is 20.6 Å². The lowest BCUT2D eigenvalue weighted by Gasteiger charge is -2.46. The minimum Gasteiger partial charge on any atom is -0.379 e. The van der Waals surface area contributed by atoms with Gasteiger partial charge in [-0.2, -0.15) is 44.3 Å². The first-order valence-corrected chi connectivity index (χ1v) is 16.0. The highest BCUT2D eigenvalue weighted by atomic mass is 19.4. The van der Waals surface area contributed by atoms with Gasteiger partial charge in [-0.25, -0.2) is 0 Å². The van der Waals surface area contributed by atoms with Gasteiger partial charge in [0.1, 0.15) is 6.23 Å². The molecule has 3 aromatic rings. The van der Waals surface area contributed by atoms with Crippen LogP contribution in [-0.4, -0.2) is 43.5 Å². The third-order valence-electron chi connectivity index (χ3n) is 9.44. The minimum absolute atomic E-state index is 0.0117. The van der Waals surface area contributed by atoms with Gasteiger partial charge in [0.05, 0.1) is 29.8 Å². The molecule has 5 rings (SSSR count). The Morgan fingerprint density at radius 2 is 1.54 bits per heavy atom. The average Bonchev–Trinajstić information content (AvgIpc) is 3.46. The summed E-state index contributed by atoms with van der Waals surface area (Å²) in [5.41, 5.74) is 1.03. The van der Waals surface area contributed by atoms with Gasteiger partial charge in [-0.3, -0.25) is 4.79 Å². The summed E-state index contributed by atoms with van der Waals surface area (Å²) < 4.78 is 125. The number of nitrogens with two attached hydrogens (primary N) is 1. The molecule has 2 heterocycles. The van der Waals surface area contributed by atoms with Gasteiger partial charge in [-0.05, 0) is 104 Å². The number of alkyl halides is 9. The van der Waals surface area contributed by atoms with Crippen LogP contribution in [0.25, 0.3) is 0 Å². The van der Waals surface area contributed by atoms with Crippen LogP contribution in [0.3, 0.4) is 0 Å². The van der Waals surface area contributed by atoms with E-state index in [2.05, 4.69) is 15.4 Å². The Morgan fingerprint density at radius 3 is 2.04 bits per heavy atom. The second-order valence-electron chi connectivity index (χ2n) is 12.9. The summed E-state index contributed by atoms with van der Waals surface area (Å²) in [7, 11) is 1.37. The Balaban J connectivity index is 1.61. The molecule has 1 aliphatic heterocycles. The maximum absolute atomic E-state index is 14.2. The Bertz CT molecular complexity index is 1630. The molecule has 0 bridgehead atoms. The number of carbonyl (C=O) groups excluding carboxylic acids is 1. The van der Waals surface area contributed by atoms with E-state index in [-0.39, 0.29) is 41.5 Å². The van der Waals surface area contributed by atoms with Crippen LogP contribution in [0.5, 0.6) is 0 Å². The van der Waals surface area contributed by atoms with Crippen LogP contribution >= 0.6 is 0 Å². The van der Waals surface area contributed by atoms with Crippen molar-refractivity contribution in [3.63, 3.8) is 0 Å². The zero-order chi connectivity index (χ0) is 36.8. The number of hydrogen-bond donors (Lipinski definition) is 2. The van der Waals surface area contributed by atoms with Gasteiger partial charge in [0.15, 0.2) is 0 Å². The molecule has 0 radical (unpaired) electrons. The molecule has 1 saturated carbocycles. The molecule has 18 heteroatoms. The summed E-state index contributed by atoms with van der Waals surface area (Å²) in [4.78, 5) is 17.9. The molecule has 0 unspecified atom stereocenters. The fourth-order valence-corrected chi connectivity index (χ4v) is 7.05. The lowest BCUT2D eigenvalue weighted by atomic mass is 9.78. The second kappa shape index (κ2) is 14.0. The average molecular weight is 722 g/mol. The standard InChI is InChI=1S/C32H36F9N7O2/c1-3-23-15-26(47(29-43-45-46(2)44-29)16-18-10-21(31(36,37)38)13-22(11-18)32(39,40)41)24-14-20(30(33,34)35)8-9-25(24)48(23)28(50)19-6-4-17(5-7-19)12-27(42)49/h8-11,13-14,17,19,23,26-27,49H,3-7,12,15-16,42H2,1-2H3/t17?,19?,23-,26+,27+/m1/s1. The molecular weight excluding hydrogens is 685 g/mol. The number of aromatic nitrogens is 4. The molecule has 0 saturated heterocycles. The minimum atomic E-state index is -5.14. The number of aryl methyl sites for hydroxylation is 1. The van der Waals surface area contributed by atoms with Crippen LogP contribution in [0, 0.1) is 11.8 Å². The number of anilines is 2. The largest absolute Gasteiger partial charge is 0.416 e. The highest BCUT2D eigenvalue weighted by molar-refractivity contribution is 5.97. The lowest BCUT2D eigenvalue weighted by Crippen LogP contribution is -2.50. The van der Waals surface area contributed by atoms with Crippen molar-refractivity contribution in [1.82, 2.24) is 20.2 Å². The molecule has 2 aliphatic rings. The molecule has 9 nitrogen and oxygen atoms in total. The highest BCUT2D eigenvalue weighted by Crippen LogP contribution is 2.47. The van der Waals surface area contributed by atoms with Gasteiger partial charge in [0, 0.05) is 24.2 Å². The number of halogens is 9. The van der Waals surface area contributed by atoms with E-state index in [0.717, 1.165) is 16.9 Å². The molecule has 274 valence electrons. The van der Waals surface area contributed by atoms with Gasteiger partial charge in [0.25, 0.3) is 5.95 Å². The van der Waals surface area contributed by atoms with Crippen molar-refractivity contribution in [3.8, 4) is 0 Å². The van der Waals surface area contributed by atoms with E-state index in [1.807, 2.05) is 0 Å². The number of benzene rings is 2. The van der Waals surface area contributed by atoms with Crippen molar-refractivity contribution in [2.24, 2.45) is 24.6 Å². The Hall–Kier alpha value is -3.93. The predicted octanol–water partition coefficient (Wildman–Crippen LogP) is 7.00. The number of amides is 1. The maximum Gasteiger partial charge on any atom is 0.416 e. The fraction of sp³-hybridized carbons (Fsp3) is 0.562. The zero-order valence-corrected chi connectivity index (χ0v) is 27.0. The van der Waals surface area contributed by atoms with Gasteiger partial charge in [-0.1, -0.05) is 12.0 Å². The molecule has 0 spiro atoms. The normalized spacial score (nSPS) is 22.3. The number of nitrogens with zero attached hydrogens (tertiary/aromatic N) is 6. The monoisotopic (exact) mass is 721 g/mol. The lowest BCUT2D eigenvalue weighted by molar-refractivity contribution is -0.143. The summed E-state index contributed by atoms with van der Waals surface area (Å²) in [6.07, 6.45) is -13.3. The van der Waals surface area contributed by atoms with Crippen LogP contribution in [0.15, 0.2) is 36.4 Å². The summed E-state index contributed by atoms with van der Waals surface area (Å²) in [5, 5.41) is 21.4. The van der Waals surface area contributed by atoms with Crippen molar-refractivity contribution in [1.29, 1.82) is 0 Å². The topological polar surface area (TPSA) is 113 Å². The van der Waals surface area contributed by atoms with Gasteiger partial charge in [0.2, 0.25) is 5.91 Å². The second-order valence-corrected chi connectivity index (χ2v) is 12.9. The first-order chi connectivity index (χ1) is 23.3. The first kappa shape index (κ1) is 37.3. The Morgan fingerprint density at radius 1 is 0.940 bits per heavy atom. The number of fused-ring (bicyclic) bond motifs is 1. The molecule has 3 N–H and O–H groups in total. The van der Waals surface area contributed by atoms with Crippen LogP contribution in [0.2, 0.25) is 0 Å². The van der Waals surface area contributed by atoms with Crippen molar-refractivity contribution in [2.45, 2.75) is 95.3 Å². The van der Waals surface area contributed by atoms with E-state index in [0.29, 0.717) is 50.7 Å². The fourth-order valence-electron chi connectivity index (χ4n) is 7.05. The van der Waals surface area contributed by atoms with Gasteiger partial charge in [-0.15, -0.1) is 5.10 Å². The zero-order valence-electron chi connectivity index (χ0n) is 27.0. The van der Waals surface area contributed by atoms with Crippen LogP contribution in [0.4, 0.5) is 51.1 Å². The Labute approximate surface area is 281 Å². The number of hydrogen-bond acceptors (Lipinski definition) is 7. The number of aliphatic hydroxyl groups excluding tert-OH is 1. The van der Waals surface area contributed by atoms with Gasteiger partial charge >= 0.3 is 18.5 Å². The van der Waals surface area contributed by atoms with E-state index in [4.69, 9.17) is 5.73 Å². The van der Waals surface area contributed by atoms with Crippen molar-refractivity contribution in [2.75, 3.05) is 9.80 Å². The molecule has 3 atom stereocenters. The summed E-state index contributed by atoms with van der Waals surface area (Å²) >= 11 is 0.